The van der Waals surface area contributed by atoms with Gasteiger partial charge in [-0.3, -0.25) is 71.9 Å². The third-order valence-electron chi connectivity index (χ3n) is 10.3. The third-order valence-corrected chi connectivity index (χ3v) is 10.3. The molecule has 422 valence electrons. The van der Waals surface area contributed by atoms with E-state index in [0.29, 0.717) is 0 Å². The molecule has 0 aromatic carbocycles. The second kappa shape index (κ2) is 33.0. The molecule has 0 bridgehead atoms. The lowest BCUT2D eigenvalue weighted by atomic mass is 9.86. The minimum absolute atomic E-state index is 0.317. The maximum absolute atomic E-state index is 14.0. The SMILES string of the molecule is CCC(COC(=O)C(C)(COC(=O)CCC(=O)O)COC(=O)CCC(=O)O)(COC(=O)C(C)(COC(=O)CCC(=O)O)COC(=O)CCC(=O)O)COC(=O)C(C)(COC(=O)CCC(=O)O)COC(=O)CCC(=O)O. The highest BCUT2D eigenvalue weighted by Crippen LogP contribution is 2.31. The molecule has 30 heteroatoms. The molecule has 0 saturated carbocycles. The van der Waals surface area contributed by atoms with Crippen molar-refractivity contribution in [2.45, 2.75) is 111 Å². The lowest BCUT2D eigenvalue weighted by Gasteiger charge is -2.35. The Morgan fingerprint density at radius 1 is 0.267 bits per heavy atom. The van der Waals surface area contributed by atoms with Gasteiger partial charge in [0.15, 0.2) is 0 Å². The van der Waals surface area contributed by atoms with Crippen LogP contribution in [0, 0.1) is 21.7 Å². The van der Waals surface area contributed by atoms with Crippen molar-refractivity contribution < 1.29 is 145 Å². The summed E-state index contributed by atoms with van der Waals surface area (Å²) < 4.78 is 47.3. The average Bonchev–Trinajstić information content (AvgIpc) is 3.35. The van der Waals surface area contributed by atoms with Crippen molar-refractivity contribution in [1.82, 2.24) is 0 Å². The lowest BCUT2D eigenvalue weighted by Crippen LogP contribution is -2.47. The van der Waals surface area contributed by atoms with Gasteiger partial charge in [-0.05, 0) is 27.2 Å². The summed E-state index contributed by atoms with van der Waals surface area (Å²) in [6.07, 6.45) is -8.58. The number of carbonyl (C=O) groups is 15. The summed E-state index contributed by atoms with van der Waals surface area (Å²) in [5.74, 6) is -19.2. The Morgan fingerprint density at radius 3 is 0.560 bits per heavy atom. The van der Waals surface area contributed by atoms with Gasteiger partial charge in [0.25, 0.3) is 0 Å². The Morgan fingerprint density at radius 2 is 0.427 bits per heavy atom. The normalized spacial score (nSPS) is 11.4. The van der Waals surface area contributed by atoms with Crippen molar-refractivity contribution in [3.63, 3.8) is 0 Å². The van der Waals surface area contributed by atoms with Gasteiger partial charge >= 0.3 is 89.5 Å². The summed E-state index contributed by atoms with van der Waals surface area (Å²) in [5.41, 5.74) is -8.46. The van der Waals surface area contributed by atoms with E-state index in [0.717, 1.165) is 20.8 Å². The number of carbonyl (C=O) groups excluding carboxylic acids is 9. The summed E-state index contributed by atoms with van der Waals surface area (Å²) in [7, 11) is 0. The van der Waals surface area contributed by atoms with Crippen LogP contribution in [-0.4, -0.2) is 180 Å². The maximum atomic E-state index is 14.0. The number of hydrogen-bond donors (Lipinski definition) is 6. The Hall–Kier alpha value is -7.95. The fourth-order valence-electron chi connectivity index (χ4n) is 5.21. The van der Waals surface area contributed by atoms with Crippen LogP contribution < -0.4 is 0 Å². The van der Waals surface area contributed by atoms with Crippen LogP contribution in [-0.2, 0) is 115 Å². The van der Waals surface area contributed by atoms with E-state index in [1.807, 2.05) is 0 Å². The first kappa shape index (κ1) is 67.0. The number of ether oxygens (including phenoxy) is 9. The second-order valence-corrected chi connectivity index (χ2v) is 17.6. The van der Waals surface area contributed by atoms with E-state index in [1.54, 1.807) is 0 Å². The predicted octanol–water partition coefficient (Wildman–Crippen LogP) is 0.479. The molecule has 0 heterocycles. The Bertz CT molecular complexity index is 1760. The number of rotatable bonds is 40. The minimum Gasteiger partial charge on any atom is -0.481 e. The molecule has 0 aliphatic rings. The smallest absolute Gasteiger partial charge is 0.318 e. The van der Waals surface area contributed by atoms with Gasteiger partial charge in [0, 0.05) is 0 Å². The van der Waals surface area contributed by atoms with Crippen LogP contribution in [0.4, 0.5) is 0 Å². The molecule has 0 aromatic heterocycles. The molecule has 0 radical (unpaired) electrons. The van der Waals surface area contributed by atoms with E-state index in [2.05, 4.69) is 0 Å². The topological polar surface area (TPSA) is 460 Å². The zero-order valence-corrected chi connectivity index (χ0v) is 41.5. The molecule has 6 N–H and O–H groups in total. The molecule has 30 nitrogen and oxygen atoms in total. The summed E-state index contributed by atoms with van der Waals surface area (Å²) in [6, 6.07) is 0. The first-order valence-electron chi connectivity index (χ1n) is 22.6. The highest BCUT2D eigenvalue weighted by molar-refractivity contribution is 5.83. The van der Waals surface area contributed by atoms with Gasteiger partial charge in [-0.15, -0.1) is 0 Å². The summed E-state index contributed by atoms with van der Waals surface area (Å²) in [6.45, 7) is -4.08. The van der Waals surface area contributed by atoms with Crippen LogP contribution in [0.25, 0.3) is 0 Å². The van der Waals surface area contributed by atoms with E-state index in [9.17, 15) is 71.9 Å². The standard InChI is InChI=1S/C45H62O30/c1-5-45(24-73-39(64)42(2,18-67-33(58)12-6-27(46)47)19-68-34(59)13-7-28(48)49,25-74-40(65)43(3,20-69-35(60)14-8-29(50)51)21-70-36(61)15-9-30(52)53)26-75-41(66)44(4,22-71-37(62)16-10-31(54)55)23-72-38(63)17-11-32(56)57/h5-26H2,1-4H3,(H,46,47)(H,48,49)(H,50,51)(H,52,53)(H,54,55)(H,56,57). The molecule has 0 aliphatic heterocycles. The number of aliphatic carboxylic acids is 6. The van der Waals surface area contributed by atoms with Crippen molar-refractivity contribution in [3.8, 4) is 0 Å². The van der Waals surface area contributed by atoms with Gasteiger partial charge in [0.05, 0.1) is 82.5 Å². The van der Waals surface area contributed by atoms with Crippen LogP contribution in [0.5, 0.6) is 0 Å². The molecule has 0 aromatic rings. The molecule has 0 rings (SSSR count). The number of hydrogen-bond acceptors (Lipinski definition) is 24. The second-order valence-electron chi connectivity index (χ2n) is 17.6. The van der Waals surface area contributed by atoms with E-state index in [4.69, 9.17) is 73.3 Å². The molecule has 0 atom stereocenters. The van der Waals surface area contributed by atoms with Crippen LogP contribution in [0.2, 0.25) is 0 Å². The van der Waals surface area contributed by atoms with Crippen molar-refractivity contribution >= 4 is 89.5 Å². The van der Waals surface area contributed by atoms with Crippen molar-refractivity contribution in [3.05, 3.63) is 0 Å². The first-order chi connectivity index (χ1) is 34.8. The molecule has 0 amide bonds. The molecule has 0 unspecified atom stereocenters. The van der Waals surface area contributed by atoms with Gasteiger partial charge in [0.2, 0.25) is 0 Å². The summed E-state index contributed by atoms with van der Waals surface area (Å²) >= 11 is 0. The highest BCUT2D eigenvalue weighted by Gasteiger charge is 2.46. The number of esters is 9. The highest BCUT2D eigenvalue weighted by atomic mass is 16.6. The van der Waals surface area contributed by atoms with Gasteiger partial charge in [-0.1, -0.05) is 6.92 Å². The van der Waals surface area contributed by atoms with Gasteiger partial charge in [0.1, 0.15) is 75.7 Å². The maximum Gasteiger partial charge on any atom is 0.318 e. The van der Waals surface area contributed by atoms with Crippen LogP contribution >= 0.6 is 0 Å². The number of carboxylic acid groups (broad SMARTS) is 6. The lowest BCUT2D eigenvalue weighted by molar-refractivity contribution is -0.183. The summed E-state index contributed by atoms with van der Waals surface area (Å²) in [5, 5.41) is 53.8. The molecule has 0 aliphatic carbocycles. The number of carboxylic acids is 6. The van der Waals surface area contributed by atoms with Gasteiger partial charge < -0.3 is 73.3 Å². The Labute approximate surface area is 426 Å². The van der Waals surface area contributed by atoms with Gasteiger partial charge in [-0.2, -0.15) is 0 Å². The van der Waals surface area contributed by atoms with Crippen LogP contribution in [0.3, 0.4) is 0 Å². The van der Waals surface area contributed by atoms with Crippen LogP contribution in [0.15, 0.2) is 0 Å². The third kappa shape index (κ3) is 28.8. The molecular weight excluding hydrogens is 1020 g/mol. The molecule has 0 fully saturated rings. The van der Waals surface area contributed by atoms with Gasteiger partial charge in [-0.25, -0.2) is 0 Å². The van der Waals surface area contributed by atoms with Crippen molar-refractivity contribution in [2.75, 3.05) is 59.5 Å². The first-order valence-corrected chi connectivity index (χ1v) is 22.6. The fraction of sp³-hybridized carbons (Fsp3) is 0.667. The minimum atomic E-state index is -2.17. The molecular formula is C45H62O30. The molecule has 0 saturated heterocycles. The fourth-order valence-corrected chi connectivity index (χ4v) is 5.21. The van der Waals surface area contributed by atoms with E-state index in [-0.39, 0.29) is 6.42 Å². The van der Waals surface area contributed by atoms with Crippen molar-refractivity contribution in [2.24, 2.45) is 21.7 Å². The van der Waals surface area contributed by atoms with E-state index in [1.165, 1.54) is 6.92 Å². The quantitative estimate of drug-likeness (QED) is 0.0359. The molecule has 0 spiro atoms. The van der Waals surface area contributed by atoms with Crippen LogP contribution in [0.1, 0.15) is 111 Å². The summed E-state index contributed by atoms with van der Waals surface area (Å²) in [4.78, 5) is 183. The van der Waals surface area contributed by atoms with E-state index < -0.39 is 248 Å². The Balaban J connectivity index is 7.32. The van der Waals surface area contributed by atoms with E-state index >= 15 is 0 Å². The van der Waals surface area contributed by atoms with Crippen molar-refractivity contribution in [1.29, 1.82) is 0 Å². The average molecular weight is 1080 g/mol. The Kier molecular flexibility index (Phi) is 29.5. The largest absolute Gasteiger partial charge is 0.481 e. The predicted molar refractivity (Wildman–Crippen MR) is 237 cm³/mol. The monoisotopic (exact) mass is 1080 g/mol. The zero-order valence-electron chi connectivity index (χ0n) is 41.5. The zero-order chi connectivity index (χ0) is 57.6. The molecule has 75 heavy (non-hydrogen) atoms.